The van der Waals surface area contributed by atoms with Crippen LogP contribution in [-0.2, 0) is 17.8 Å². The molecule has 0 aliphatic heterocycles. The van der Waals surface area contributed by atoms with E-state index in [0.29, 0.717) is 11.5 Å². The molecular formula is C21H26N2O3. The van der Waals surface area contributed by atoms with Crippen molar-refractivity contribution in [3.8, 4) is 11.5 Å². The minimum Gasteiger partial charge on any atom is -0.493 e. The highest BCUT2D eigenvalue weighted by atomic mass is 16.5. The zero-order valence-electron chi connectivity index (χ0n) is 15.4. The second kappa shape index (κ2) is 10.3. The molecule has 138 valence electrons. The van der Waals surface area contributed by atoms with Gasteiger partial charge >= 0.3 is 0 Å². The second-order valence-corrected chi connectivity index (χ2v) is 5.80. The van der Waals surface area contributed by atoms with E-state index >= 15 is 0 Å². The van der Waals surface area contributed by atoms with Crippen molar-refractivity contribution < 1.29 is 14.3 Å². The molecule has 2 aromatic rings. The highest BCUT2D eigenvalue weighted by molar-refractivity contribution is 5.92. The van der Waals surface area contributed by atoms with Gasteiger partial charge in [-0.05, 0) is 48.4 Å². The predicted molar refractivity (Wildman–Crippen MR) is 105 cm³/mol. The molecule has 2 rings (SSSR count). The average Bonchev–Trinajstić information content (AvgIpc) is 2.65. The molecular weight excluding hydrogens is 328 g/mol. The maximum atomic E-state index is 12.2. The summed E-state index contributed by atoms with van der Waals surface area (Å²) in [5.74, 6) is 0.920. The Bertz CT molecular complexity index is 744. The van der Waals surface area contributed by atoms with Gasteiger partial charge in [-0.25, -0.2) is 0 Å². The minimum atomic E-state index is -0.220. The SMILES string of the molecule is C=CCc1ccc(OCC(=O)Nc2cccc(CNCC)c2)c(OC)c1. The largest absolute Gasteiger partial charge is 0.493 e. The number of carbonyl (C=O) groups is 1. The quantitative estimate of drug-likeness (QED) is 0.641. The number of nitrogens with one attached hydrogen (secondary N) is 2. The van der Waals surface area contributed by atoms with Crippen LogP contribution in [0.3, 0.4) is 0 Å². The van der Waals surface area contributed by atoms with Gasteiger partial charge in [-0.1, -0.05) is 31.2 Å². The summed E-state index contributed by atoms with van der Waals surface area (Å²) in [5.41, 5.74) is 2.94. The average molecular weight is 354 g/mol. The van der Waals surface area contributed by atoms with Crippen LogP contribution in [0.2, 0.25) is 0 Å². The summed E-state index contributed by atoms with van der Waals surface area (Å²) < 4.78 is 11.0. The van der Waals surface area contributed by atoms with Crippen LogP contribution in [0.4, 0.5) is 5.69 Å². The molecule has 0 aliphatic rings. The Balaban J connectivity index is 1.93. The molecule has 0 heterocycles. The lowest BCUT2D eigenvalue weighted by molar-refractivity contribution is -0.118. The van der Waals surface area contributed by atoms with Gasteiger partial charge in [-0.3, -0.25) is 4.79 Å². The zero-order chi connectivity index (χ0) is 18.8. The number of allylic oxidation sites excluding steroid dienone is 1. The van der Waals surface area contributed by atoms with Crippen LogP contribution >= 0.6 is 0 Å². The topological polar surface area (TPSA) is 59.6 Å². The summed E-state index contributed by atoms with van der Waals surface area (Å²) in [6.07, 6.45) is 2.58. The number of benzene rings is 2. The number of ether oxygens (including phenoxy) is 2. The van der Waals surface area contributed by atoms with Gasteiger partial charge in [-0.2, -0.15) is 0 Å². The molecule has 0 saturated carbocycles. The molecule has 2 N–H and O–H groups in total. The van der Waals surface area contributed by atoms with Crippen LogP contribution in [0.25, 0.3) is 0 Å². The molecule has 0 atom stereocenters. The second-order valence-electron chi connectivity index (χ2n) is 5.80. The summed E-state index contributed by atoms with van der Waals surface area (Å²) in [4.78, 5) is 12.2. The van der Waals surface area contributed by atoms with Crippen molar-refractivity contribution in [2.24, 2.45) is 0 Å². The molecule has 2 aromatic carbocycles. The molecule has 5 nitrogen and oxygen atoms in total. The van der Waals surface area contributed by atoms with Gasteiger partial charge in [-0.15, -0.1) is 6.58 Å². The van der Waals surface area contributed by atoms with E-state index in [9.17, 15) is 4.79 Å². The molecule has 0 radical (unpaired) electrons. The van der Waals surface area contributed by atoms with E-state index in [0.717, 1.165) is 36.3 Å². The van der Waals surface area contributed by atoms with Crippen LogP contribution < -0.4 is 20.1 Å². The van der Waals surface area contributed by atoms with Crippen LogP contribution in [0.1, 0.15) is 18.1 Å². The van der Waals surface area contributed by atoms with E-state index in [1.54, 1.807) is 7.11 Å². The summed E-state index contributed by atoms with van der Waals surface area (Å²) in [5, 5.41) is 6.11. The fourth-order valence-corrected chi connectivity index (χ4v) is 2.49. The predicted octanol–water partition coefficient (Wildman–Crippen LogP) is 3.55. The van der Waals surface area contributed by atoms with Gasteiger partial charge in [0.2, 0.25) is 0 Å². The third-order valence-electron chi connectivity index (χ3n) is 3.76. The standard InChI is InChI=1S/C21H26N2O3/c1-4-7-16-10-11-19(20(13-16)25-3)26-15-21(24)23-18-9-6-8-17(12-18)14-22-5-2/h4,6,8-13,22H,1,5,7,14-15H2,2-3H3,(H,23,24). The highest BCUT2D eigenvalue weighted by Crippen LogP contribution is 2.28. The Labute approximate surface area is 155 Å². The van der Waals surface area contributed by atoms with Gasteiger partial charge in [0.1, 0.15) is 0 Å². The summed E-state index contributed by atoms with van der Waals surface area (Å²) >= 11 is 0. The highest BCUT2D eigenvalue weighted by Gasteiger charge is 2.09. The van der Waals surface area contributed by atoms with E-state index in [4.69, 9.17) is 9.47 Å². The maximum absolute atomic E-state index is 12.2. The van der Waals surface area contributed by atoms with E-state index in [-0.39, 0.29) is 12.5 Å². The van der Waals surface area contributed by atoms with Gasteiger partial charge in [0.15, 0.2) is 18.1 Å². The normalized spacial score (nSPS) is 10.2. The lowest BCUT2D eigenvalue weighted by Gasteiger charge is -2.12. The molecule has 0 aromatic heterocycles. The number of hydrogen-bond acceptors (Lipinski definition) is 4. The van der Waals surface area contributed by atoms with Crippen molar-refractivity contribution in [2.75, 3.05) is 25.6 Å². The summed E-state index contributed by atoms with van der Waals surface area (Å²) in [7, 11) is 1.58. The first-order valence-electron chi connectivity index (χ1n) is 8.66. The summed E-state index contributed by atoms with van der Waals surface area (Å²) in [6.45, 7) is 7.36. The van der Waals surface area contributed by atoms with Gasteiger partial charge in [0.25, 0.3) is 5.91 Å². The zero-order valence-corrected chi connectivity index (χ0v) is 15.4. The van der Waals surface area contributed by atoms with Crippen molar-refractivity contribution in [3.63, 3.8) is 0 Å². The smallest absolute Gasteiger partial charge is 0.262 e. The van der Waals surface area contributed by atoms with Crippen molar-refractivity contribution in [1.29, 1.82) is 0 Å². The number of amides is 1. The monoisotopic (exact) mass is 354 g/mol. The first-order valence-corrected chi connectivity index (χ1v) is 8.66. The third kappa shape index (κ3) is 5.93. The van der Waals surface area contributed by atoms with Crippen molar-refractivity contribution in [2.45, 2.75) is 19.9 Å². The van der Waals surface area contributed by atoms with Crippen molar-refractivity contribution in [1.82, 2.24) is 5.32 Å². The molecule has 26 heavy (non-hydrogen) atoms. The first-order chi connectivity index (χ1) is 12.7. The number of hydrogen-bond donors (Lipinski definition) is 2. The maximum Gasteiger partial charge on any atom is 0.262 e. The third-order valence-corrected chi connectivity index (χ3v) is 3.76. The molecule has 0 bridgehead atoms. The summed E-state index contributed by atoms with van der Waals surface area (Å²) in [6, 6.07) is 13.4. The van der Waals surface area contributed by atoms with Crippen LogP contribution in [0.15, 0.2) is 55.1 Å². The number of methoxy groups -OCH3 is 1. The van der Waals surface area contributed by atoms with Crippen LogP contribution in [0.5, 0.6) is 11.5 Å². The number of carbonyl (C=O) groups excluding carboxylic acids is 1. The van der Waals surface area contributed by atoms with E-state index < -0.39 is 0 Å². The Hall–Kier alpha value is -2.79. The minimum absolute atomic E-state index is 0.0887. The molecule has 0 spiro atoms. The molecule has 0 unspecified atom stereocenters. The van der Waals surface area contributed by atoms with Gasteiger partial charge in [0, 0.05) is 12.2 Å². The van der Waals surface area contributed by atoms with E-state index in [1.807, 2.05) is 48.5 Å². The number of anilines is 1. The molecule has 0 fully saturated rings. The van der Waals surface area contributed by atoms with Crippen LogP contribution in [0, 0.1) is 0 Å². The van der Waals surface area contributed by atoms with Crippen LogP contribution in [-0.4, -0.2) is 26.2 Å². The van der Waals surface area contributed by atoms with Crippen molar-refractivity contribution >= 4 is 11.6 Å². The lowest BCUT2D eigenvalue weighted by Crippen LogP contribution is -2.20. The lowest BCUT2D eigenvalue weighted by atomic mass is 10.1. The number of rotatable bonds is 10. The Kier molecular flexibility index (Phi) is 7.71. The fraction of sp³-hybridized carbons (Fsp3) is 0.286. The van der Waals surface area contributed by atoms with Gasteiger partial charge < -0.3 is 20.1 Å². The Morgan fingerprint density at radius 1 is 1.15 bits per heavy atom. The molecule has 5 heteroatoms. The van der Waals surface area contributed by atoms with Gasteiger partial charge in [0.05, 0.1) is 7.11 Å². The Morgan fingerprint density at radius 2 is 2.00 bits per heavy atom. The van der Waals surface area contributed by atoms with E-state index in [2.05, 4.69) is 24.1 Å². The Morgan fingerprint density at radius 3 is 2.73 bits per heavy atom. The van der Waals surface area contributed by atoms with E-state index in [1.165, 1.54) is 0 Å². The first kappa shape index (κ1) is 19.5. The fourth-order valence-electron chi connectivity index (χ4n) is 2.49. The molecule has 0 saturated heterocycles. The molecule has 0 aliphatic carbocycles. The molecule has 1 amide bonds. The van der Waals surface area contributed by atoms with Crippen molar-refractivity contribution in [3.05, 3.63) is 66.2 Å².